The summed E-state index contributed by atoms with van der Waals surface area (Å²) in [4.78, 5) is 4.72. The third-order valence-electron chi connectivity index (χ3n) is 3.16. The number of rotatable bonds is 1. The maximum atomic E-state index is 2.36. The SMILES string of the molecule is CCCC.CN1CCCC1.CN1CCCC1.O.O. The maximum Gasteiger partial charge on any atom is -0.00213 e. The van der Waals surface area contributed by atoms with Gasteiger partial charge < -0.3 is 20.8 Å². The Balaban J connectivity index is -0.000000182. The fourth-order valence-electron chi connectivity index (χ4n) is 1.75. The van der Waals surface area contributed by atoms with Crippen molar-refractivity contribution in [3.8, 4) is 0 Å². The number of likely N-dealkylation sites (tertiary alicyclic amines) is 2. The van der Waals surface area contributed by atoms with Crippen LogP contribution in [0.5, 0.6) is 0 Å². The van der Waals surface area contributed by atoms with Crippen molar-refractivity contribution >= 4 is 0 Å². The molecule has 0 aromatic carbocycles. The van der Waals surface area contributed by atoms with Gasteiger partial charge in [0.25, 0.3) is 0 Å². The highest BCUT2D eigenvalue weighted by molar-refractivity contribution is 4.59. The lowest BCUT2D eigenvalue weighted by Gasteiger charge is -2.01. The van der Waals surface area contributed by atoms with E-state index in [1.165, 1.54) is 64.7 Å². The third kappa shape index (κ3) is 15.8. The van der Waals surface area contributed by atoms with E-state index in [0.29, 0.717) is 0 Å². The van der Waals surface area contributed by atoms with E-state index in [9.17, 15) is 0 Å². The van der Waals surface area contributed by atoms with Gasteiger partial charge in [-0.15, -0.1) is 0 Å². The molecule has 0 unspecified atom stereocenters. The van der Waals surface area contributed by atoms with Crippen molar-refractivity contribution in [3.63, 3.8) is 0 Å². The van der Waals surface area contributed by atoms with Crippen LogP contribution in [0.25, 0.3) is 0 Å². The molecule has 0 aromatic heterocycles. The summed E-state index contributed by atoms with van der Waals surface area (Å²) in [5.74, 6) is 0. The minimum Gasteiger partial charge on any atom is -0.412 e. The standard InChI is InChI=1S/2C5H11N.C4H10.2H2O/c2*1-6-4-2-3-5-6;1-3-4-2;;/h2*2-5H2,1H3;3-4H2,1-2H3;2*1H2. The minimum absolute atomic E-state index is 0. The van der Waals surface area contributed by atoms with Gasteiger partial charge in [-0.2, -0.15) is 0 Å². The zero-order chi connectivity index (χ0) is 12.2. The van der Waals surface area contributed by atoms with E-state index in [-0.39, 0.29) is 11.0 Å². The van der Waals surface area contributed by atoms with Gasteiger partial charge in [-0.25, -0.2) is 0 Å². The van der Waals surface area contributed by atoms with Crippen LogP contribution >= 0.6 is 0 Å². The van der Waals surface area contributed by atoms with Crippen molar-refractivity contribution < 1.29 is 11.0 Å². The van der Waals surface area contributed by atoms with Gasteiger partial charge in [0.1, 0.15) is 0 Å². The molecule has 2 heterocycles. The Labute approximate surface area is 114 Å². The Kier molecular flexibility index (Phi) is 21.5. The summed E-state index contributed by atoms with van der Waals surface area (Å²) in [7, 11) is 4.35. The summed E-state index contributed by atoms with van der Waals surface area (Å²) in [6.45, 7) is 9.64. The largest absolute Gasteiger partial charge is 0.412 e. The average molecular weight is 264 g/mol. The van der Waals surface area contributed by atoms with E-state index >= 15 is 0 Å². The zero-order valence-electron chi connectivity index (χ0n) is 13.0. The second-order valence-electron chi connectivity index (χ2n) is 5.02. The first-order valence-corrected chi connectivity index (χ1v) is 7.07. The lowest BCUT2D eigenvalue weighted by molar-refractivity contribution is 0.418. The molecule has 0 saturated carbocycles. The molecule has 0 aliphatic carbocycles. The molecule has 0 bridgehead atoms. The lowest BCUT2D eigenvalue weighted by atomic mass is 10.4. The molecule has 0 atom stereocenters. The summed E-state index contributed by atoms with van der Waals surface area (Å²) < 4.78 is 0. The number of unbranched alkanes of at least 4 members (excludes halogenated alkanes) is 1. The molecule has 4 nitrogen and oxygen atoms in total. The highest BCUT2D eigenvalue weighted by Crippen LogP contribution is 2.02. The molecule has 2 aliphatic rings. The Bertz CT molecular complexity index is 118. The van der Waals surface area contributed by atoms with Crippen LogP contribution in [0, 0.1) is 0 Å². The van der Waals surface area contributed by atoms with Crippen molar-refractivity contribution in [2.45, 2.75) is 52.4 Å². The van der Waals surface area contributed by atoms with Crippen LogP contribution < -0.4 is 0 Å². The van der Waals surface area contributed by atoms with E-state index in [2.05, 4.69) is 37.7 Å². The van der Waals surface area contributed by atoms with Crippen molar-refractivity contribution in [3.05, 3.63) is 0 Å². The zero-order valence-corrected chi connectivity index (χ0v) is 13.0. The molecule has 0 aromatic rings. The molecule has 0 amide bonds. The van der Waals surface area contributed by atoms with Crippen molar-refractivity contribution in [2.24, 2.45) is 0 Å². The van der Waals surface area contributed by atoms with Gasteiger partial charge in [-0.3, -0.25) is 0 Å². The molecule has 0 spiro atoms. The van der Waals surface area contributed by atoms with Crippen LogP contribution in [0.4, 0.5) is 0 Å². The highest BCUT2D eigenvalue weighted by atomic mass is 16.0. The molecular formula is C14H36N2O2. The number of hydrogen-bond acceptors (Lipinski definition) is 2. The number of hydrogen-bond donors (Lipinski definition) is 0. The quantitative estimate of drug-likeness (QED) is 0.721. The van der Waals surface area contributed by atoms with Crippen molar-refractivity contribution in [2.75, 3.05) is 40.3 Å². The summed E-state index contributed by atoms with van der Waals surface area (Å²) in [6.07, 6.45) is 8.29. The molecule has 4 heteroatoms. The second-order valence-corrected chi connectivity index (χ2v) is 5.02. The smallest absolute Gasteiger partial charge is 0.00213 e. The predicted molar refractivity (Wildman–Crippen MR) is 81.3 cm³/mol. The highest BCUT2D eigenvalue weighted by Gasteiger charge is 2.03. The third-order valence-corrected chi connectivity index (χ3v) is 3.16. The van der Waals surface area contributed by atoms with Gasteiger partial charge in [0.15, 0.2) is 0 Å². The van der Waals surface area contributed by atoms with Gasteiger partial charge in [0.05, 0.1) is 0 Å². The minimum atomic E-state index is 0. The van der Waals surface area contributed by atoms with Crippen molar-refractivity contribution in [1.29, 1.82) is 0 Å². The summed E-state index contributed by atoms with van der Waals surface area (Å²) in [6, 6.07) is 0. The summed E-state index contributed by atoms with van der Waals surface area (Å²) in [5, 5.41) is 0. The Hall–Kier alpha value is -0.160. The second kappa shape index (κ2) is 16.8. The van der Waals surface area contributed by atoms with E-state index in [0.717, 1.165) is 0 Å². The van der Waals surface area contributed by atoms with Gasteiger partial charge >= 0.3 is 0 Å². The topological polar surface area (TPSA) is 69.5 Å². The number of nitrogens with zero attached hydrogens (tertiary/aromatic N) is 2. The molecule has 2 aliphatic heterocycles. The first kappa shape index (κ1) is 23.0. The lowest BCUT2D eigenvalue weighted by Crippen LogP contribution is -2.10. The molecule has 2 rings (SSSR count). The first-order valence-electron chi connectivity index (χ1n) is 7.07. The fourth-order valence-corrected chi connectivity index (χ4v) is 1.75. The van der Waals surface area contributed by atoms with Crippen LogP contribution in [-0.4, -0.2) is 61.0 Å². The van der Waals surface area contributed by atoms with Crippen LogP contribution in [0.1, 0.15) is 52.4 Å². The van der Waals surface area contributed by atoms with Crippen LogP contribution in [0.3, 0.4) is 0 Å². The molecule has 2 fully saturated rings. The predicted octanol–water partition coefficient (Wildman–Crippen LogP) is 1.58. The van der Waals surface area contributed by atoms with Crippen LogP contribution in [0.2, 0.25) is 0 Å². The maximum absolute atomic E-state index is 2.36. The van der Waals surface area contributed by atoms with Gasteiger partial charge in [-0.1, -0.05) is 26.7 Å². The van der Waals surface area contributed by atoms with Crippen LogP contribution in [-0.2, 0) is 0 Å². The van der Waals surface area contributed by atoms with Gasteiger partial charge in [0.2, 0.25) is 0 Å². The molecular weight excluding hydrogens is 228 g/mol. The summed E-state index contributed by atoms with van der Waals surface area (Å²) in [5.41, 5.74) is 0. The fraction of sp³-hybridized carbons (Fsp3) is 1.00. The molecule has 18 heavy (non-hydrogen) atoms. The molecule has 2 saturated heterocycles. The Morgan fingerprint density at radius 1 is 0.611 bits per heavy atom. The monoisotopic (exact) mass is 264 g/mol. The van der Waals surface area contributed by atoms with Gasteiger partial charge in [0, 0.05) is 0 Å². The Morgan fingerprint density at radius 2 is 0.833 bits per heavy atom. The van der Waals surface area contributed by atoms with E-state index in [1.54, 1.807) is 0 Å². The van der Waals surface area contributed by atoms with E-state index in [1.807, 2.05) is 0 Å². The van der Waals surface area contributed by atoms with Crippen molar-refractivity contribution in [1.82, 2.24) is 9.80 Å². The Morgan fingerprint density at radius 3 is 0.889 bits per heavy atom. The van der Waals surface area contributed by atoms with E-state index < -0.39 is 0 Å². The molecule has 114 valence electrons. The average Bonchev–Trinajstić information content (AvgIpc) is 2.93. The van der Waals surface area contributed by atoms with Gasteiger partial charge in [-0.05, 0) is 66.0 Å². The molecule has 0 radical (unpaired) electrons. The summed E-state index contributed by atoms with van der Waals surface area (Å²) >= 11 is 0. The van der Waals surface area contributed by atoms with Crippen LogP contribution in [0.15, 0.2) is 0 Å². The normalized spacial score (nSPS) is 18.7. The molecule has 4 N–H and O–H groups in total. The van der Waals surface area contributed by atoms with E-state index in [4.69, 9.17) is 0 Å². The first-order chi connectivity index (χ1) is 7.70.